The normalized spacial score (nSPS) is 27.1. The predicted molar refractivity (Wildman–Crippen MR) is 92.7 cm³/mol. The van der Waals surface area contributed by atoms with Crippen LogP contribution in [0.2, 0.25) is 0 Å². The van der Waals surface area contributed by atoms with Crippen LogP contribution >= 0.6 is 12.2 Å². The number of thiocarbonyl (C=S) groups is 1. The number of fused-ring (bicyclic) bond motifs is 3. The van der Waals surface area contributed by atoms with Crippen LogP contribution < -0.4 is 11.1 Å². The number of nitrogens with two attached hydrogens (primary N) is 1. The smallest absolute Gasteiger partial charge is 0.104 e. The summed E-state index contributed by atoms with van der Waals surface area (Å²) in [4.78, 5) is 0.470. The molecule has 2 aliphatic carbocycles. The Labute approximate surface area is 130 Å². The lowest BCUT2D eigenvalue weighted by Gasteiger charge is -2.25. The highest BCUT2D eigenvalue weighted by molar-refractivity contribution is 7.80. The van der Waals surface area contributed by atoms with Gasteiger partial charge >= 0.3 is 0 Å². The summed E-state index contributed by atoms with van der Waals surface area (Å²) >= 11 is 5.18. The average molecular weight is 296 g/mol. The minimum absolute atomic E-state index is 0.470. The summed E-state index contributed by atoms with van der Waals surface area (Å²) in [5.74, 6) is 1.82. The summed E-state index contributed by atoms with van der Waals surface area (Å²) in [6.07, 6.45) is 5.58. The summed E-state index contributed by atoms with van der Waals surface area (Å²) in [6, 6.07) is 13.2. The molecule has 2 aliphatic rings. The molecule has 2 nitrogen and oxygen atoms in total. The molecule has 2 bridgehead atoms. The van der Waals surface area contributed by atoms with E-state index in [0.717, 1.165) is 22.8 Å². The molecule has 4 rings (SSSR count). The van der Waals surface area contributed by atoms with Crippen LogP contribution in [0.3, 0.4) is 0 Å². The number of nitrogens with one attached hydrogen (secondary N) is 1. The third-order valence-corrected chi connectivity index (χ3v) is 5.49. The predicted octanol–water partition coefficient (Wildman–Crippen LogP) is 4.07. The molecule has 0 heterocycles. The molecule has 0 aliphatic heterocycles. The molecule has 0 radical (unpaired) electrons. The van der Waals surface area contributed by atoms with Crippen molar-refractivity contribution in [3.05, 3.63) is 42.0 Å². The Morgan fingerprint density at radius 2 is 1.86 bits per heavy atom. The van der Waals surface area contributed by atoms with Crippen LogP contribution in [0.5, 0.6) is 0 Å². The number of benzene rings is 2. The van der Waals surface area contributed by atoms with E-state index in [0.29, 0.717) is 11.0 Å². The van der Waals surface area contributed by atoms with Gasteiger partial charge < -0.3 is 11.1 Å². The highest BCUT2D eigenvalue weighted by Crippen LogP contribution is 2.46. The van der Waals surface area contributed by atoms with E-state index in [1.54, 1.807) is 0 Å². The van der Waals surface area contributed by atoms with Gasteiger partial charge in [0.15, 0.2) is 0 Å². The molecule has 2 aromatic carbocycles. The summed E-state index contributed by atoms with van der Waals surface area (Å²) in [7, 11) is 0. The fourth-order valence-corrected chi connectivity index (χ4v) is 4.44. The largest absolute Gasteiger partial charge is 0.389 e. The van der Waals surface area contributed by atoms with E-state index in [4.69, 9.17) is 18.0 Å². The maximum absolute atomic E-state index is 5.85. The quantitative estimate of drug-likeness (QED) is 0.838. The number of anilines is 1. The van der Waals surface area contributed by atoms with Gasteiger partial charge in [-0.3, -0.25) is 0 Å². The van der Waals surface area contributed by atoms with E-state index in [9.17, 15) is 0 Å². The fraction of sp³-hybridized carbons (Fsp3) is 0.389. The van der Waals surface area contributed by atoms with Gasteiger partial charge in [0.05, 0.1) is 0 Å². The number of hydrogen-bond donors (Lipinski definition) is 2. The third kappa shape index (κ3) is 2.20. The van der Waals surface area contributed by atoms with Gasteiger partial charge in [-0.05, 0) is 48.6 Å². The van der Waals surface area contributed by atoms with Crippen molar-refractivity contribution >= 4 is 33.7 Å². The van der Waals surface area contributed by atoms with E-state index in [1.807, 2.05) is 6.07 Å². The van der Waals surface area contributed by atoms with Gasteiger partial charge in [-0.1, -0.05) is 42.9 Å². The van der Waals surface area contributed by atoms with Gasteiger partial charge in [-0.15, -0.1) is 0 Å². The first-order chi connectivity index (χ1) is 10.2. The van der Waals surface area contributed by atoms with Gasteiger partial charge in [0.2, 0.25) is 0 Å². The second kappa shape index (κ2) is 4.99. The Bertz CT molecular complexity index is 709. The zero-order valence-electron chi connectivity index (χ0n) is 12.0. The Balaban J connectivity index is 1.72. The van der Waals surface area contributed by atoms with Crippen LogP contribution in [0.25, 0.3) is 10.8 Å². The van der Waals surface area contributed by atoms with Crippen LogP contribution in [-0.4, -0.2) is 11.0 Å². The molecule has 2 fully saturated rings. The van der Waals surface area contributed by atoms with Crippen molar-refractivity contribution in [3.63, 3.8) is 0 Å². The Hall–Kier alpha value is -1.61. The van der Waals surface area contributed by atoms with Crippen LogP contribution in [0.1, 0.15) is 31.2 Å². The van der Waals surface area contributed by atoms with Crippen molar-refractivity contribution in [1.29, 1.82) is 0 Å². The second-order valence-corrected chi connectivity index (χ2v) is 6.94. The molecule has 2 saturated carbocycles. The maximum Gasteiger partial charge on any atom is 0.104 e. The van der Waals surface area contributed by atoms with Crippen molar-refractivity contribution < 1.29 is 0 Å². The first-order valence-electron chi connectivity index (χ1n) is 7.80. The van der Waals surface area contributed by atoms with Gasteiger partial charge in [0, 0.05) is 22.7 Å². The highest BCUT2D eigenvalue weighted by atomic mass is 32.1. The van der Waals surface area contributed by atoms with Crippen LogP contribution in [0, 0.1) is 11.8 Å². The Morgan fingerprint density at radius 1 is 1.05 bits per heavy atom. The molecule has 2 aromatic rings. The van der Waals surface area contributed by atoms with Crippen molar-refractivity contribution in [3.8, 4) is 0 Å². The van der Waals surface area contributed by atoms with Crippen LogP contribution in [0.15, 0.2) is 36.4 Å². The first kappa shape index (κ1) is 13.1. The second-order valence-electron chi connectivity index (χ2n) is 6.50. The van der Waals surface area contributed by atoms with Crippen molar-refractivity contribution in [2.75, 3.05) is 5.32 Å². The summed E-state index contributed by atoms with van der Waals surface area (Å²) < 4.78 is 0. The van der Waals surface area contributed by atoms with E-state index in [2.05, 4.69) is 35.6 Å². The lowest BCUT2D eigenvalue weighted by Crippen LogP contribution is -2.26. The number of hydrogen-bond acceptors (Lipinski definition) is 2. The van der Waals surface area contributed by atoms with Gasteiger partial charge in [-0.25, -0.2) is 0 Å². The van der Waals surface area contributed by atoms with Crippen LogP contribution in [0.4, 0.5) is 5.69 Å². The maximum atomic E-state index is 5.85. The Morgan fingerprint density at radius 3 is 2.52 bits per heavy atom. The van der Waals surface area contributed by atoms with Crippen molar-refractivity contribution in [2.24, 2.45) is 17.6 Å². The van der Waals surface area contributed by atoms with Gasteiger partial charge in [-0.2, -0.15) is 0 Å². The third-order valence-electron chi connectivity index (χ3n) is 5.27. The van der Waals surface area contributed by atoms with E-state index < -0.39 is 0 Å². The number of rotatable bonds is 3. The minimum Gasteiger partial charge on any atom is -0.389 e. The fourth-order valence-electron chi connectivity index (χ4n) is 4.26. The molecule has 0 amide bonds. The SMILES string of the molecule is NC(=S)c1ccc(NC2CC3CCC2C3)c2ccccc12. The lowest BCUT2D eigenvalue weighted by atomic mass is 9.94. The molecule has 3 atom stereocenters. The Kier molecular flexibility index (Phi) is 3.11. The van der Waals surface area contributed by atoms with E-state index in [-0.39, 0.29) is 0 Å². The minimum atomic E-state index is 0.470. The zero-order chi connectivity index (χ0) is 14.4. The van der Waals surface area contributed by atoms with Crippen molar-refractivity contribution in [2.45, 2.75) is 31.7 Å². The molecule has 3 N–H and O–H groups in total. The molecule has 0 aromatic heterocycles. The molecular formula is C18H20N2S. The summed E-state index contributed by atoms with van der Waals surface area (Å²) in [5.41, 5.74) is 8.05. The van der Waals surface area contributed by atoms with Crippen LogP contribution in [-0.2, 0) is 0 Å². The highest BCUT2D eigenvalue weighted by Gasteiger charge is 2.39. The standard InChI is InChI=1S/C18H20N2S/c19-18(21)15-7-8-16(14-4-2-1-3-13(14)15)20-17-10-11-5-6-12(17)9-11/h1-4,7-8,11-12,17,20H,5-6,9-10H2,(H2,19,21). The van der Waals surface area contributed by atoms with Crippen molar-refractivity contribution in [1.82, 2.24) is 0 Å². The zero-order valence-corrected chi connectivity index (χ0v) is 12.8. The monoisotopic (exact) mass is 296 g/mol. The average Bonchev–Trinajstić information content (AvgIpc) is 3.10. The molecule has 3 heteroatoms. The molecule has 21 heavy (non-hydrogen) atoms. The lowest BCUT2D eigenvalue weighted by molar-refractivity contribution is 0.440. The topological polar surface area (TPSA) is 38.0 Å². The van der Waals surface area contributed by atoms with E-state index >= 15 is 0 Å². The summed E-state index contributed by atoms with van der Waals surface area (Å²) in [5, 5.41) is 6.18. The summed E-state index contributed by atoms with van der Waals surface area (Å²) in [6.45, 7) is 0. The first-order valence-corrected chi connectivity index (χ1v) is 8.21. The van der Waals surface area contributed by atoms with Gasteiger partial charge in [0.25, 0.3) is 0 Å². The molecule has 3 unspecified atom stereocenters. The molecule has 0 saturated heterocycles. The van der Waals surface area contributed by atoms with Gasteiger partial charge in [0.1, 0.15) is 4.99 Å². The van der Waals surface area contributed by atoms with E-state index in [1.165, 1.54) is 36.8 Å². The molecule has 108 valence electrons. The molecular weight excluding hydrogens is 276 g/mol. The molecule has 0 spiro atoms.